The summed E-state index contributed by atoms with van der Waals surface area (Å²) in [5, 5.41) is 13.0. The number of halogens is 3. The molecular formula is C21H17F3N4O3S. The molecule has 1 amide bonds. The number of alkyl halides is 3. The number of amides is 1. The number of sulfonamides is 1. The van der Waals surface area contributed by atoms with Crippen molar-refractivity contribution in [1.82, 2.24) is 14.5 Å². The highest BCUT2D eigenvalue weighted by Crippen LogP contribution is 2.33. The van der Waals surface area contributed by atoms with Crippen molar-refractivity contribution in [3.8, 4) is 6.07 Å². The fourth-order valence-electron chi connectivity index (χ4n) is 3.12. The summed E-state index contributed by atoms with van der Waals surface area (Å²) in [6.07, 6.45) is -3.36. The SMILES string of the molecule is CCc1c(C(=O)NS(=O)(=O)c2ccc(C#N)c(C(F)(F)F)c2)cnn1Cc1ccccc1. The molecule has 166 valence electrons. The number of carbonyl (C=O) groups is 1. The summed E-state index contributed by atoms with van der Waals surface area (Å²) >= 11 is 0. The van der Waals surface area contributed by atoms with E-state index in [9.17, 15) is 26.4 Å². The molecule has 1 N–H and O–H groups in total. The van der Waals surface area contributed by atoms with Crippen LogP contribution < -0.4 is 4.72 Å². The van der Waals surface area contributed by atoms with Gasteiger partial charge in [0.25, 0.3) is 15.9 Å². The smallest absolute Gasteiger partial charge is 0.268 e. The number of nitrogens with one attached hydrogen (secondary N) is 1. The van der Waals surface area contributed by atoms with E-state index >= 15 is 0 Å². The molecule has 0 aliphatic heterocycles. The van der Waals surface area contributed by atoms with Crippen LogP contribution >= 0.6 is 0 Å². The van der Waals surface area contributed by atoms with Gasteiger partial charge in [0.05, 0.1) is 46.1 Å². The van der Waals surface area contributed by atoms with Crippen molar-refractivity contribution in [3.63, 3.8) is 0 Å². The van der Waals surface area contributed by atoms with Crippen molar-refractivity contribution < 1.29 is 26.4 Å². The molecule has 11 heteroatoms. The van der Waals surface area contributed by atoms with E-state index in [4.69, 9.17) is 5.26 Å². The Bertz CT molecular complexity index is 1290. The summed E-state index contributed by atoms with van der Waals surface area (Å²) in [6, 6.07) is 12.6. The number of rotatable bonds is 6. The van der Waals surface area contributed by atoms with E-state index in [0.717, 1.165) is 17.7 Å². The number of aromatic nitrogens is 2. The van der Waals surface area contributed by atoms with Gasteiger partial charge in [0.2, 0.25) is 0 Å². The molecule has 0 fully saturated rings. The van der Waals surface area contributed by atoms with Crippen LogP contribution in [0, 0.1) is 11.3 Å². The summed E-state index contributed by atoms with van der Waals surface area (Å²) in [5.41, 5.74) is -0.741. The summed E-state index contributed by atoms with van der Waals surface area (Å²) < 4.78 is 68.0. The number of benzene rings is 2. The van der Waals surface area contributed by atoms with Crippen molar-refractivity contribution in [2.24, 2.45) is 0 Å². The number of nitrogens with zero attached hydrogens (tertiary/aromatic N) is 3. The number of carbonyl (C=O) groups excluding carboxylic acids is 1. The Balaban J connectivity index is 1.89. The summed E-state index contributed by atoms with van der Waals surface area (Å²) in [7, 11) is -4.64. The highest BCUT2D eigenvalue weighted by molar-refractivity contribution is 7.90. The third-order valence-electron chi connectivity index (χ3n) is 4.66. The van der Waals surface area contributed by atoms with Crippen molar-refractivity contribution in [2.45, 2.75) is 31.0 Å². The van der Waals surface area contributed by atoms with E-state index < -0.39 is 38.1 Å². The Morgan fingerprint density at radius 1 is 1.19 bits per heavy atom. The van der Waals surface area contributed by atoms with Crippen LogP contribution in [0.5, 0.6) is 0 Å². The second-order valence-corrected chi connectivity index (χ2v) is 8.44. The van der Waals surface area contributed by atoms with Gasteiger partial charge in [-0.05, 0) is 30.2 Å². The Labute approximate surface area is 182 Å². The molecule has 0 radical (unpaired) electrons. The fourth-order valence-corrected chi connectivity index (χ4v) is 4.12. The van der Waals surface area contributed by atoms with Crippen molar-refractivity contribution in [1.29, 1.82) is 5.26 Å². The van der Waals surface area contributed by atoms with E-state index in [-0.39, 0.29) is 5.56 Å². The topological polar surface area (TPSA) is 105 Å². The second-order valence-electron chi connectivity index (χ2n) is 6.75. The average Bonchev–Trinajstić information content (AvgIpc) is 3.15. The molecule has 0 aliphatic carbocycles. The fraction of sp³-hybridized carbons (Fsp3) is 0.190. The minimum atomic E-state index is -4.94. The van der Waals surface area contributed by atoms with Crippen LogP contribution in [0.2, 0.25) is 0 Å². The van der Waals surface area contributed by atoms with E-state index in [1.54, 1.807) is 16.3 Å². The summed E-state index contributed by atoms with van der Waals surface area (Å²) in [4.78, 5) is 11.9. The minimum Gasteiger partial charge on any atom is -0.268 e. The number of nitriles is 1. The first kappa shape index (κ1) is 23.0. The van der Waals surface area contributed by atoms with E-state index in [1.807, 2.05) is 30.3 Å². The van der Waals surface area contributed by atoms with Gasteiger partial charge in [-0.15, -0.1) is 0 Å². The molecule has 1 aromatic heterocycles. The molecule has 0 bridgehead atoms. The molecule has 0 atom stereocenters. The van der Waals surface area contributed by atoms with E-state index in [2.05, 4.69) is 5.10 Å². The predicted molar refractivity (Wildman–Crippen MR) is 108 cm³/mol. The van der Waals surface area contributed by atoms with Gasteiger partial charge in [-0.25, -0.2) is 13.1 Å². The predicted octanol–water partition coefficient (Wildman–Crippen LogP) is 3.50. The monoisotopic (exact) mass is 462 g/mol. The molecule has 1 heterocycles. The number of hydrogen-bond acceptors (Lipinski definition) is 5. The lowest BCUT2D eigenvalue weighted by Crippen LogP contribution is -2.31. The molecule has 0 aliphatic rings. The summed E-state index contributed by atoms with van der Waals surface area (Å²) in [5.74, 6) is -1.01. The normalized spacial score (nSPS) is 11.7. The summed E-state index contributed by atoms with van der Waals surface area (Å²) in [6.45, 7) is 2.12. The van der Waals surface area contributed by atoms with Crippen molar-refractivity contribution in [2.75, 3.05) is 0 Å². The molecule has 3 rings (SSSR count). The van der Waals surface area contributed by atoms with Crippen molar-refractivity contribution >= 4 is 15.9 Å². The molecule has 7 nitrogen and oxygen atoms in total. The van der Waals surface area contributed by atoms with Gasteiger partial charge in [-0.1, -0.05) is 37.3 Å². The standard InChI is InChI=1S/C21H17F3N4O3S/c1-2-19-17(12-26-28(19)13-14-6-4-3-5-7-14)20(29)27-32(30,31)16-9-8-15(11-25)18(10-16)21(22,23)24/h3-10,12H,2,13H2,1H3,(H,27,29). The molecule has 32 heavy (non-hydrogen) atoms. The Kier molecular flexibility index (Phi) is 6.36. The van der Waals surface area contributed by atoms with Crippen LogP contribution in [-0.2, 0) is 29.2 Å². The average molecular weight is 462 g/mol. The van der Waals surface area contributed by atoms with Gasteiger partial charge in [0.1, 0.15) is 0 Å². The first-order chi connectivity index (χ1) is 15.1. The highest BCUT2D eigenvalue weighted by atomic mass is 32.2. The van der Waals surface area contributed by atoms with Gasteiger partial charge < -0.3 is 0 Å². The van der Waals surface area contributed by atoms with Gasteiger partial charge >= 0.3 is 6.18 Å². The zero-order valence-electron chi connectivity index (χ0n) is 16.7. The van der Waals surface area contributed by atoms with E-state index in [1.165, 1.54) is 12.3 Å². The Morgan fingerprint density at radius 3 is 2.47 bits per heavy atom. The first-order valence-corrected chi connectivity index (χ1v) is 10.8. The van der Waals surface area contributed by atoms with Crippen LogP contribution in [-0.4, -0.2) is 24.1 Å². The lowest BCUT2D eigenvalue weighted by atomic mass is 10.1. The van der Waals surface area contributed by atoms with Gasteiger partial charge in [-0.3, -0.25) is 9.48 Å². The molecular weight excluding hydrogens is 445 g/mol. The van der Waals surface area contributed by atoms with Crippen LogP contribution in [0.1, 0.15) is 39.7 Å². The Morgan fingerprint density at radius 2 is 1.88 bits per heavy atom. The molecule has 0 unspecified atom stereocenters. The van der Waals surface area contributed by atoms with Crippen LogP contribution in [0.3, 0.4) is 0 Å². The third-order valence-corrected chi connectivity index (χ3v) is 5.99. The number of hydrogen-bond donors (Lipinski definition) is 1. The molecule has 0 saturated carbocycles. The molecule has 0 spiro atoms. The van der Waals surface area contributed by atoms with Gasteiger partial charge in [-0.2, -0.15) is 23.5 Å². The van der Waals surface area contributed by atoms with Gasteiger partial charge in [0.15, 0.2) is 0 Å². The minimum absolute atomic E-state index is 0.00306. The molecule has 2 aromatic carbocycles. The van der Waals surface area contributed by atoms with Gasteiger partial charge in [0, 0.05) is 0 Å². The maximum Gasteiger partial charge on any atom is 0.417 e. The van der Waals surface area contributed by atoms with Crippen LogP contribution in [0.15, 0.2) is 59.6 Å². The van der Waals surface area contributed by atoms with E-state index in [0.29, 0.717) is 24.7 Å². The zero-order chi connectivity index (χ0) is 23.5. The largest absolute Gasteiger partial charge is 0.417 e. The molecule has 0 saturated heterocycles. The quantitative estimate of drug-likeness (QED) is 0.604. The second kappa shape index (κ2) is 8.84. The Hall–Kier alpha value is -3.65. The molecule has 3 aromatic rings. The maximum absolute atomic E-state index is 13.2. The van der Waals surface area contributed by atoms with Crippen molar-refractivity contribution in [3.05, 3.63) is 82.7 Å². The lowest BCUT2D eigenvalue weighted by molar-refractivity contribution is -0.137. The maximum atomic E-state index is 13.2. The zero-order valence-corrected chi connectivity index (χ0v) is 17.5. The first-order valence-electron chi connectivity index (χ1n) is 9.34. The third kappa shape index (κ3) is 4.81. The lowest BCUT2D eigenvalue weighted by Gasteiger charge is -2.12. The highest BCUT2D eigenvalue weighted by Gasteiger charge is 2.35. The van der Waals surface area contributed by atoms with Crippen LogP contribution in [0.4, 0.5) is 13.2 Å². The van der Waals surface area contributed by atoms with Crippen LogP contribution in [0.25, 0.3) is 0 Å².